The van der Waals surface area contributed by atoms with Crippen molar-refractivity contribution in [2.45, 2.75) is 50.5 Å². The zero-order valence-corrected chi connectivity index (χ0v) is 20.1. The monoisotopic (exact) mass is 535 g/mol. The number of nitrogens with zero attached hydrogens (tertiary/aromatic N) is 1. The molecule has 1 saturated heterocycles. The Morgan fingerprint density at radius 3 is 2.52 bits per heavy atom. The quantitative estimate of drug-likeness (QED) is 0.444. The number of para-hydroxylation sites is 2. The molecule has 2 aliphatic rings. The summed E-state index contributed by atoms with van der Waals surface area (Å²) in [6.45, 7) is 5.42. The van der Waals surface area contributed by atoms with E-state index in [9.17, 15) is 9.59 Å². The maximum absolute atomic E-state index is 13.3. The molecule has 0 bridgehead atoms. The molecule has 31 heavy (non-hydrogen) atoms. The summed E-state index contributed by atoms with van der Waals surface area (Å²) in [6, 6.07) is 15.1. The van der Waals surface area contributed by atoms with Crippen LogP contribution in [-0.2, 0) is 19.8 Å². The van der Waals surface area contributed by atoms with E-state index in [0.29, 0.717) is 6.42 Å². The van der Waals surface area contributed by atoms with Crippen molar-refractivity contribution in [3.63, 3.8) is 0 Å². The Kier molecular flexibility index (Phi) is 5.53. The van der Waals surface area contributed by atoms with Gasteiger partial charge in [-0.15, -0.1) is 0 Å². The summed E-state index contributed by atoms with van der Waals surface area (Å²) in [6.07, 6.45) is -0.738. The molecule has 3 atom stereocenters. The van der Waals surface area contributed by atoms with Gasteiger partial charge in [-0.3, -0.25) is 4.90 Å². The number of amides is 1. The van der Waals surface area contributed by atoms with Gasteiger partial charge in [0.05, 0.1) is 7.11 Å². The number of fused-ring (bicyclic) bond motifs is 3. The number of halogens is 1. The molecule has 2 N–H and O–H groups in total. The van der Waals surface area contributed by atoms with Gasteiger partial charge in [-0.1, -0.05) is 30.3 Å². The second kappa shape index (κ2) is 7.89. The first kappa shape index (κ1) is 21.7. The second-order valence-corrected chi connectivity index (χ2v) is 9.96. The summed E-state index contributed by atoms with van der Waals surface area (Å²) in [5.41, 5.74) is 1.42. The lowest BCUT2D eigenvalue weighted by Gasteiger charge is -2.35. The summed E-state index contributed by atoms with van der Waals surface area (Å²) in [7, 11) is 1.34. The molecule has 1 amide bonds. The molecular formula is C23H26IN3O4. The number of ether oxygens (including phenoxy) is 2. The van der Waals surface area contributed by atoms with Gasteiger partial charge in [0.15, 0.2) is 0 Å². The van der Waals surface area contributed by atoms with Gasteiger partial charge in [-0.05, 0) is 61.6 Å². The molecule has 2 aromatic rings. The van der Waals surface area contributed by atoms with Crippen LogP contribution in [0.4, 0.5) is 16.2 Å². The second-order valence-electron chi connectivity index (χ2n) is 8.80. The van der Waals surface area contributed by atoms with Crippen LogP contribution < -0.4 is 10.6 Å². The third kappa shape index (κ3) is 3.81. The standard InChI is InChI=1S/C23H26IN3O4/c1-22(2,3)31-21(29)27-18(19(28)30-4)13-23(26-17-12-8-6-10-15(17)24)14-9-5-7-11-16(14)25-20(23)27/h5-12,18,20,25-26H,13H2,1-4H3/t18-,20-,23+/m0/s1. The first-order valence-corrected chi connectivity index (χ1v) is 11.2. The van der Waals surface area contributed by atoms with Crippen molar-refractivity contribution in [2.75, 3.05) is 17.7 Å². The first-order valence-electron chi connectivity index (χ1n) is 10.1. The van der Waals surface area contributed by atoms with Gasteiger partial charge in [0.1, 0.15) is 23.3 Å². The number of hydrogen-bond donors (Lipinski definition) is 2. The number of methoxy groups -OCH3 is 1. The lowest BCUT2D eigenvalue weighted by molar-refractivity contribution is -0.146. The Labute approximate surface area is 195 Å². The average molecular weight is 535 g/mol. The Hall–Kier alpha value is -2.49. The van der Waals surface area contributed by atoms with Crippen LogP contribution in [0.25, 0.3) is 0 Å². The lowest BCUT2D eigenvalue weighted by atomic mass is 9.86. The van der Waals surface area contributed by atoms with Crippen LogP contribution >= 0.6 is 22.6 Å². The minimum absolute atomic E-state index is 0.346. The van der Waals surface area contributed by atoms with Gasteiger partial charge in [-0.2, -0.15) is 0 Å². The molecule has 0 aliphatic carbocycles. The van der Waals surface area contributed by atoms with E-state index in [-0.39, 0.29) is 0 Å². The summed E-state index contributed by atoms with van der Waals surface area (Å²) < 4.78 is 11.8. The molecule has 0 unspecified atom stereocenters. The molecule has 2 aliphatic heterocycles. The highest BCUT2D eigenvalue weighted by Gasteiger charge is 2.62. The number of benzene rings is 2. The van der Waals surface area contributed by atoms with E-state index in [4.69, 9.17) is 9.47 Å². The number of esters is 1. The van der Waals surface area contributed by atoms with Crippen LogP contribution in [0.3, 0.4) is 0 Å². The molecule has 4 rings (SSSR count). The highest BCUT2D eigenvalue weighted by Crippen LogP contribution is 2.51. The van der Waals surface area contributed by atoms with Crippen LogP contribution in [0.15, 0.2) is 48.5 Å². The first-order chi connectivity index (χ1) is 14.7. The van der Waals surface area contributed by atoms with Crippen molar-refractivity contribution < 1.29 is 19.1 Å². The fourth-order valence-electron chi connectivity index (χ4n) is 4.40. The number of carbonyl (C=O) groups excluding carboxylic acids is 2. The average Bonchev–Trinajstić information content (AvgIpc) is 3.18. The van der Waals surface area contributed by atoms with Crippen molar-refractivity contribution >= 4 is 46.0 Å². The Bertz CT molecular complexity index is 1020. The number of likely N-dealkylation sites (tertiary alicyclic amines) is 1. The molecule has 0 radical (unpaired) electrons. The molecule has 0 aromatic heterocycles. The van der Waals surface area contributed by atoms with E-state index in [1.807, 2.05) is 69.3 Å². The fourth-order valence-corrected chi connectivity index (χ4v) is 4.92. The molecule has 164 valence electrons. The molecular weight excluding hydrogens is 509 g/mol. The predicted molar refractivity (Wildman–Crippen MR) is 127 cm³/mol. The number of carbonyl (C=O) groups is 2. The molecule has 1 fully saturated rings. The van der Waals surface area contributed by atoms with Crippen LogP contribution in [0, 0.1) is 3.57 Å². The van der Waals surface area contributed by atoms with E-state index in [1.54, 1.807) is 0 Å². The third-order valence-electron chi connectivity index (χ3n) is 5.61. The molecule has 7 nitrogen and oxygen atoms in total. The number of anilines is 2. The summed E-state index contributed by atoms with van der Waals surface area (Å²) in [5, 5.41) is 7.13. The predicted octanol–water partition coefficient (Wildman–Crippen LogP) is 4.53. The summed E-state index contributed by atoms with van der Waals surface area (Å²) >= 11 is 2.28. The maximum atomic E-state index is 13.3. The minimum atomic E-state index is -0.792. The van der Waals surface area contributed by atoms with Crippen molar-refractivity contribution in [1.82, 2.24) is 4.90 Å². The number of nitrogens with one attached hydrogen (secondary N) is 2. The normalized spacial score (nSPS) is 24.1. The highest BCUT2D eigenvalue weighted by atomic mass is 127. The van der Waals surface area contributed by atoms with Gasteiger partial charge in [0.25, 0.3) is 0 Å². The largest absolute Gasteiger partial charge is 0.467 e. The zero-order valence-electron chi connectivity index (χ0n) is 17.9. The molecule has 0 spiro atoms. The van der Waals surface area contributed by atoms with Gasteiger partial charge >= 0.3 is 12.1 Å². The van der Waals surface area contributed by atoms with E-state index >= 15 is 0 Å². The number of rotatable bonds is 3. The molecule has 8 heteroatoms. The van der Waals surface area contributed by atoms with Gasteiger partial charge in [-0.25, -0.2) is 9.59 Å². The fraction of sp³-hybridized carbons (Fsp3) is 0.391. The van der Waals surface area contributed by atoms with Gasteiger partial charge in [0, 0.05) is 26.9 Å². The third-order valence-corrected chi connectivity index (χ3v) is 6.55. The Morgan fingerprint density at radius 1 is 1.16 bits per heavy atom. The van der Waals surface area contributed by atoms with Crippen LogP contribution in [-0.4, -0.2) is 41.9 Å². The van der Waals surface area contributed by atoms with Gasteiger partial charge in [0.2, 0.25) is 0 Å². The SMILES string of the molecule is COC(=O)[C@@H]1C[C@@]2(Nc3ccccc3I)c3ccccc3N[C@H]2N1C(=O)OC(C)(C)C. The molecule has 0 saturated carbocycles. The smallest absolute Gasteiger partial charge is 0.412 e. The molecule has 2 heterocycles. The lowest BCUT2D eigenvalue weighted by Crippen LogP contribution is -2.53. The Balaban J connectivity index is 1.83. The van der Waals surface area contributed by atoms with Crippen molar-refractivity contribution in [1.29, 1.82) is 0 Å². The zero-order chi connectivity index (χ0) is 22.4. The summed E-state index contributed by atoms with van der Waals surface area (Å²) in [5.74, 6) is -0.469. The molecule has 2 aromatic carbocycles. The van der Waals surface area contributed by atoms with Crippen molar-refractivity contribution in [2.24, 2.45) is 0 Å². The van der Waals surface area contributed by atoms with Crippen LogP contribution in [0.1, 0.15) is 32.8 Å². The van der Waals surface area contributed by atoms with Gasteiger partial charge < -0.3 is 20.1 Å². The Morgan fingerprint density at radius 2 is 1.84 bits per heavy atom. The van der Waals surface area contributed by atoms with E-state index in [2.05, 4.69) is 33.2 Å². The van der Waals surface area contributed by atoms with Crippen molar-refractivity contribution in [3.05, 3.63) is 57.7 Å². The van der Waals surface area contributed by atoms with Crippen molar-refractivity contribution in [3.8, 4) is 0 Å². The maximum Gasteiger partial charge on any atom is 0.412 e. The minimum Gasteiger partial charge on any atom is -0.467 e. The van der Waals surface area contributed by atoms with E-state index < -0.39 is 35.4 Å². The number of hydrogen-bond acceptors (Lipinski definition) is 6. The van der Waals surface area contributed by atoms with E-state index in [0.717, 1.165) is 20.5 Å². The van der Waals surface area contributed by atoms with Crippen LogP contribution in [0.5, 0.6) is 0 Å². The van der Waals surface area contributed by atoms with E-state index in [1.165, 1.54) is 12.0 Å². The summed E-state index contributed by atoms with van der Waals surface area (Å²) in [4.78, 5) is 27.5. The topological polar surface area (TPSA) is 79.9 Å². The van der Waals surface area contributed by atoms with Crippen LogP contribution in [0.2, 0.25) is 0 Å². The highest BCUT2D eigenvalue weighted by molar-refractivity contribution is 14.1.